The Hall–Kier alpha value is -2.24. The fraction of sp³-hybridized carbons (Fsp3) is 0.538. The SMILES string of the molecule is CN1CCN(C)C(CNc2nccc(C#N)c2[N+](=O)[O-])C1. The highest BCUT2D eigenvalue weighted by molar-refractivity contribution is 5.64. The Morgan fingerprint density at radius 3 is 3.00 bits per heavy atom. The summed E-state index contributed by atoms with van der Waals surface area (Å²) in [6.45, 7) is 3.39. The first-order valence-corrected chi connectivity index (χ1v) is 6.69. The van der Waals surface area contributed by atoms with E-state index in [2.05, 4.69) is 27.1 Å². The standard InChI is InChI=1S/C13H18N6O2/c1-17-5-6-18(2)11(9-17)8-16-13-12(19(20)21)10(7-14)3-4-15-13/h3-4,11H,5-6,8-9H2,1-2H3,(H,15,16). The number of rotatable bonds is 4. The van der Waals surface area contributed by atoms with Gasteiger partial charge in [0.25, 0.3) is 0 Å². The number of aromatic nitrogens is 1. The van der Waals surface area contributed by atoms with Crippen molar-refractivity contribution in [2.75, 3.05) is 45.6 Å². The molecule has 0 aromatic carbocycles. The quantitative estimate of drug-likeness (QED) is 0.637. The fourth-order valence-electron chi connectivity index (χ4n) is 2.39. The second-order valence-corrected chi connectivity index (χ2v) is 5.20. The van der Waals surface area contributed by atoms with Crippen molar-refractivity contribution in [3.8, 4) is 6.07 Å². The van der Waals surface area contributed by atoms with Gasteiger partial charge in [0.1, 0.15) is 11.6 Å². The van der Waals surface area contributed by atoms with Gasteiger partial charge in [-0.2, -0.15) is 5.26 Å². The number of nitro groups is 1. The zero-order valence-electron chi connectivity index (χ0n) is 12.1. The first-order valence-electron chi connectivity index (χ1n) is 6.69. The molecule has 21 heavy (non-hydrogen) atoms. The number of nitriles is 1. The molecule has 2 rings (SSSR count). The van der Waals surface area contributed by atoms with E-state index in [0.29, 0.717) is 6.54 Å². The molecule has 0 radical (unpaired) electrons. The summed E-state index contributed by atoms with van der Waals surface area (Å²) in [4.78, 5) is 19.0. The zero-order chi connectivity index (χ0) is 15.4. The van der Waals surface area contributed by atoms with E-state index in [0.717, 1.165) is 19.6 Å². The molecule has 1 atom stereocenters. The monoisotopic (exact) mass is 290 g/mol. The Kier molecular flexibility index (Phi) is 4.67. The number of nitrogens with zero attached hydrogens (tertiary/aromatic N) is 5. The summed E-state index contributed by atoms with van der Waals surface area (Å²) in [6.07, 6.45) is 1.41. The maximum Gasteiger partial charge on any atom is 0.328 e. The lowest BCUT2D eigenvalue weighted by molar-refractivity contribution is -0.384. The van der Waals surface area contributed by atoms with Gasteiger partial charge < -0.3 is 10.2 Å². The molecule has 0 bridgehead atoms. The Balaban J connectivity index is 2.13. The van der Waals surface area contributed by atoms with E-state index < -0.39 is 4.92 Å². The van der Waals surface area contributed by atoms with E-state index >= 15 is 0 Å². The topological polar surface area (TPSA) is 98.3 Å². The van der Waals surface area contributed by atoms with E-state index in [-0.39, 0.29) is 23.1 Å². The van der Waals surface area contributed by atoms with Crippen molar-refractivity contribution in [2.45, 2.75) is 6.04 Å². The van der Waals surface area contributed by atoms with Crippen LogP contribution in [0.15, 0.2) is 12.3 Å². The zero-order valence-corrected chi connectivity index (χ0v) is 12.1. The third kappa shape index (κ3) is 3.45. The summed E-state index contributed by atoms with van der Waals surface area (Å²) in [6, 6.07) is 3.43. The molecular weight excluding hydrogens is 272 g/mol. The minimum absolute atomic E-state index is 0.0200. The first-order chi connectivity index (χ1) is 10.0. The molecule has 8 heteroatoms. The van der Waals surface area contributed by atoms with Crippen LogP contribution in [0.2, 0.25) is 0 Å². The molecule has 0 amide bonds. The highest BCUT2D eigenvalue weighted by Gasteiger charge is 2.25. The van der Waals surface area contributed by atoms with Gasteiger partial charge in [0.15, 0.2) is 0 Å². The maximum absolute atomic E-state index is 11.1. The third-order valence-corrected chi connectivity index (χ3v) is 3.71. The highest BCUT2D eigenvalue weighted by Crippen LogP contribution is 2.25. The summed E-state index contributed by atoms with van der Waals surface area (Å²) in [7, 11) is 4.09. The van der Waals surface area contributed by atoms with Gasteiger partial charge in [0.2, 0.25) is 5.82 Å². The van der Waals surface area contributed by atoms with Gasteiger partial charge in [-0.25, -0.2) is 4.98 Å². The normalized spacial score (nSPS) is 20.0. The van der Waals surface area contributed by atoms with E-state index in [9.17, 15) is 10.1 Å². The maximum atomic E-state index is 11.1. The average molecular weight is 290 g/mol. The minimum atomic E-state index is -0.565. The van der Waals surface area contributed by atoms with Gasteiger partial charge in [0.05, 0.1) is 4.92 Å². The molecule has 0 saturated carbocycles. The second kappa shape index (κ2) is 6.47. The number of hydrogen-bond donors (Lipinski definition) is 1. The van der Waals surface area contributed by atoms with Crippen molar-refractivity contribution in [3.05, 3.63) is 27.9 Å². The summed E-state index contributed by atoms with van der Waals surface area (Å²) in [5, 5.41) is 23.1. The molecule has 1 aromatic rings. The Morgan fingerprint density at radius 1 is 1.57 bits per heavy atom. The Bertz CT molecular complexity index is 570. The predicted octanol–water partition coefficient (Wildman–Crippen LogP) is 0.519. The molecule has 1 aliphatic rings. The van der Waals surface area contributed by atoms with Crippen LogP contribution in [-0.4, -0.2) is 66.0 Å². The molecule has 8 nitrogen and oxygen atoms in total. The van der Waals surface area contributed by atoms with Crippen molar-refractivity contribution < 1.29 is 4.92 Å². The lowest BCUT2D eigenvalue weighted by Crippen LogP contribution is -2.52. The van der Waals surface area contributed by atoms with Crippen molar-refractivity contribution >= 4 is 11.5 Å². The van der Waals surface area contributed by atoms with Crippen LogP contribution in [0.3, 0.4) is 0 Å². The third-order valence-electron chi connectivity index (χ3n) is 3.71. The lowest BCUT2D eigenvalue weighted by Gasteiger charge is -2.37. The molecule has 1 N–H and O–H groups in total. The Morgan fingerprint density at radius 2 is 2.33 bits per heavy atom. The van der Waals surface area contributed by atoms with Crippen molar-refractivity contribution in [2.24, 2.45) is 0 Å². The molecule has 1 unspecified atom stereocenters. The smallest absolute Gasteiger partial charge is 0.328 e. The molecule has 2 heterocycles. The van der Waals surface area contributed by atoms with Crippen molar-refractivity contribution in [1.29, 1.82) is 5.26 Å². The van der Waals surface area contributed by atoms with Gasteiger partial charge in [-0.1, -0.05) is 0 Å². The summed E-state index contributed by atoms with van der Waals surface area (Å²) < 4.78 is 0. The molecule has 0 spiro atoms. The van der Waals surface area contributed by atoms with Crippen LogP contribution in [0.4, 0.5) is 11.5 Å². The largest absolute Gasteiger partial charge is 0.363 e. The van der Waals surface area contributed by atoms with E-state index in [1.165, 1.54) is 12.3 Å². The molecule has 1 fully saturated rings. The molecule has 1 aromatic heterocycles. The van der Waals surface area contributed by atoms with Gasteiger partial charge in [-0.15, -0.1) is 0 Å². The fourth-order valence-corrected chi connectivity index (χ4v) is 2.39. The lowest BCUT2D eigenvalue weighted by atomic mass is 10.2. The molecular formula is C13H18N6O2. The van der Waals surface area contributed by atoms with Crippen molar-refractivity contribution in [3.63, 3.8) is 0 Å². The van der Waals surface area contributed by atoms with Gasteiger partial charge in [-0.05, 0) is 20.2 Å². The number of pyridine rings is 1. The summed E-state index contributed by atoms with van der Waals surface area (Å²) in [5.74, 6) is 0.153. The first kappa shape index (κ1) is 15.2. The number of hydrogen-bond acceptors (Lipinski definition) is 7. The number of nitrogens with one attached hydrogen (secondary N) is 1. The number of anilines is 1. The van der Waals surface area contributed by atoms with Crippen LogP contribution in [0, 0.1) is 21.4 Å². The van der Waals surface area contributed by atoms with Gasteiger partial charge >= 0.3 is 5.69 Å². The van der Waals surface area contributed by atoms with Crippen LogP contribution >= 0.6 is 0 Å². The summed E-state index contributed by atoms with van der Waals surface area (Å²) in [5.41, 5.74) is -0.238. The van der Waals surface area contributed by atoms with Crippen LogP contribution in [0.5, 0.6) is 0 Å². The molecule has 0 aliphatic carbocycles. The minimum Gasteiger partial charge on any atom is -0.363 e. The summed E-state index contributed by atoms with van der Waals surface area (Å²) >= 11 is 0. The predicted molar refractivity (Wildman–Crippen MR) is 78.0 cm³/mol. The van der Waals surface area contributed by atoms with Crippen LogP contribution in [0.1, 0.15) is 5.56 Å². The van der Waals surface area contributed by atoms with Crippen LogP contribution < -0.4 is 5.32 Å². The molecule has 1 saturated heterocycles. The molecule has 1 aliphatic heterocycles. The van der Waals surface area contributed by atoms with E-state index in [4.69, 9.17) is 5.26 Å². The van der Waals surface area contributed by atoms with Gasteiger partial charge in [0, 0.05) is 38.4 Å². The van der Waals surface area contributed by atoms with Crippen LogP contribution in [-0.2, 0) is 0 Å². The average Bonchev–Trinajstić information content (AvgIpc) is 2.47. The van der Waals surface area contributed by atoms with Gasteiger partial charge in [-0.3, -0.25) is 15.0 Å². The van der Waals surface area contributed by atoms with Crippen molar-refractivity contribution in [1.82, 2.24) is 14.8 Å². The number of piperazine rings is 1. The van der Waals surface area contributed by atoms with Crippen LogP contribution in [0.25, 0.3) is 0 Å². The number of likely N-dealkylation sites (N-methyl/N-ethyl adjacent to an activating group) is 2. The highest BCUT2D eigenvalue weighted by atomic mass is 16.6. The molecule has 112 valence electrons. The Labute approximate surface area is 123 Å². The van der Waals surface area contributed by atoms with E-state index in [1.54, 1.807) is 0 Å². The van der Waals surface area contributed by atoms with E-state index in [1.807, 2.05) is 13.1 Å². The second-order valence-electron chi connectivity index (χ2n) is 5.20.